The molecule has 8 nitrogen and oxygen atoms in total. The summed E-state index contributed by atoms with van der Waals surface area (Å²) in [5, 5.41) is 2.53. The zero-order valence-electron chi connectivity index (χ0n) is 22.4. The SMILES string of the molecule is CCCCCCCCCCCCCCCCOC(=O)Nc1cccc(OC(=O)OCC)c1C(=O)OC. The number of anilines is 1. The number of methoxy groups -OCH3 is 1. The van der Waals surface area contributed by atoms with Crippen molar-refractivity contribution in [1.82, 2.24) is 0 Å². The minimum absolute atomic E-state index is 0.0786. The highest BCUT2D eigenvalue weighted by atomic mass is 16.7. The van der Waals surface area contributed by atoms with Gasteiger partial charge in [-0.1, -0.05) is 96.5 Å². The molecule has 0 saturated heterocycles. The monoisotopic (exact) mass is 507 g/mol. The topological polar surface area (TPSA) is 100 Å². The molecule has 0 atom stereocenters. The number of carbonyl (C=O) groups excluding carboxylic acids is 3. The van der Waals surface area contributed by atoms with Crippen LogP contribution in [0.5, 0.6) is 5.75 Å². The molecule has 0 saturated carbocycles. The molecular weight excluding hydrogens is 462 g/mol. The van der Waals surface area contributed by atoms with Gasteiger partial charge >= 0.3 is 18.2 Å². The van der Waals surface area contributed by atoms with Crippen LogP contribution in [0.15, 0.2) is 18.2 Å². The highest BCUT2D eigenvalue weighted by Gasteiger charge is 2.22. The maximum absolute atomic E-state index is 12.2. The van der Waals surface area contributed by atoms with Gasteiger partial charge in [0.05, 0.1) is 26.0 Å². The van der Waals surface area contributed by atoms with E-state index in [1.165, 1.54) is 95.9 Å². The summed E-state index contributed by atoms with van der Waals surface area (Å²) in [5.41, 5.74) is 0.0242. The van der Waals surface area contributed by atoms with E-state index in [1.54, 1.807) is 6.92 Å². The molecule has 0 aliphatic heterocycles. The third kappa shape index (κ3) is 14.0. The van der Waals surface area contributed by atoms with Crippen molar-refractivity contribution in [3.63, 3.8) is 0 Å². The number of carbonyl (C=O) groups is 3. The predicted octanol–water partition coefficient (Wildman–Crippen LogP) is 8.04. The van der Waals surface area contributed by atoms with Crippen molar-refractivity contribution in [3.8, 4) is 5.75 Å². The van der Waals surface area contributed by atoms with E-state index in [0.717, 1.165) is 19.3 Å². The van der Waals surface area contributed by atoms with Gasteiger partial charge in [-0.25, -0.2) is 14.4 Å². The lowest BCUT2D eigenvalue weighted by Gasteiger charge is -2.14. The Balaban J connectivity index is 2.24. The highest BCUT2D eigenvalue weighted by Crippen LogP contribution is 2.28. The normalized spacial score (nSPS) is 10.5. The van der Waals surface area contributed by atoms with Gasteiger partial charge in [-0.2, -0.15) is 0 Å². The van der Waals surface area contributed by atoms with Crippen LogP contribution in [0.1, 0.15) is 114 Å². The van der Waals surface area contributed by atoms with Crippen molar-refractivity contribution in [1.29, 1.82) is 0 Å². The molecule has 0 heterocycles. The molecule has 36 heavy (non-hydrogen) atoms. The highest BCUT2D eigenvalue weighted by molar-refractivity contribution is 6.02. The second-order valence-electron chi connectivity index (χ2n) is 8.81. The fourth-order valence-electron chi connectivity index (χ4n) is 3.88. The quantitative estimate of drug-likeness (QED) is 0.0875. The molecule has 0 radical (unpaired) electrons. The number of esters is 1. The number of hydrogen-bond acceptors (Lipinski definition) is 7. The fraction of sp³-hybridized carbons (Fsp3) is 0.679. The van der Waals surface area contributed by atoms with Crippen molar-refractivity contribution in [2.75, 3.05) is 25.6 Å². The third-order valence-corrected chi connectivity index (χ3v) is 5.84. The van der Waals surface area contributed by atoms with Crippen molar-refractivity contribution < 1.29 is 33.3 Å². The van der Waals surface area contributed by atoms with Crippen LogP contribution in [0.25, 0.3) is 0 Å². The molecule has 0 unspecified atom stereocenters. The zero-order chi connectivity index (χ0) is 26.4. The average Bonchev–Trinajstić information content (AvgIpc) is 2.86. The van der Waals surface area contributed by atoms with Crippen molar-refractivity contribution in [3.05, 3.63) is 23.8 Å². The molecule has 1 aromatic rings. The summed E-state index contributed by atoms with van der Waals surface area (Å²) in [7, 11) is 1.20. The van der Waals surface area contributed by atoms with Crippen LogP contribution in [0, 0.1) is 0 Å². The van der Waals surface area contributed by atoms with E-state index in [4.69, 9.17) is 18.9 Å². The van der Waals surface area contributed by atoms with Crippen LogP contribution in [0.2, 0.25) is 0 Å². The second-order valence-corrected chi connectivity index (χ2v) is 8.81. The second kappa shape index (κ2) is 20.4. The fourth-order valence-corrected chi connectivity index (χ4v) is 3.88. The molecule has 1 amide bonds. The number of amides is 1. The number of hydrogen-bond donors (Lipinski definition) is 1. The lowest BCUT2D eigenvalue weighted by Crippen LogP contribution is -2.19. The van der Waals surface area contributed by atoms with Gasteiger partial charge in [-0.15, -0.1) is 0 Å². The first-order valence-corrected chi connectivity index (χ1v) is 13.5. The zero-order valence-corrected chi connectivity index (χ0v) is 22.4. The molecule has 1 rings (SSSR count). The summed E-state index contributed by atoms with van der Waals surface area (Å²) in [5.74, 6) is -0.845. The van der Waals surface area contributed by atoms with Gasteiger partial charge in [-0.05, 0) is 25.5 Å². The predicted molar refractivity (Wildman–Crippen MR) is 141 cm³/mol. The molecule has 0 aliphatic rings. The molecule has 0 fully saturated rings. The first kappa shape index (κ1) is 31.3. The minimum Gasteiger partial charge on any atom is -0.465 e. The maximum atomic E-state index is 12.2. The Hall–Kier alpha value is -2.77. The van der Waals surface area contributed by atoms with Crippen LogP contribution in [-0.2, 0) is 14.2 Å². The largest absolute Gasteiger partial charge is 0.513 e. The Bertz CT molecular complexity index is 766. The van der Waals surface area contributed by atoms with Gasteiger partial charge in [-0.3, -0.25) is 5.32 Å². The van der Waals surface area contributed by atoms with Crippen LogP contribution < -0.4 is 10.1 Å². The van der Waals surface area contributed by atoms with Gasteiger partial charge in [0, 0.05) is 0 Å². The average molecular weight is 508 g/mol. The van der Waals surface area contributed by atoms with Crippen molar-refractivity contribution >= 4 is 23.9 Å². The Morgan fingerprint density at radius 1 is 0.750 bits per heavy atom. The first-order valence-electron chi connectivity index (χ1n) is 13.5. The van der Waals surface area contributed by atoms with Gasteiger partial charge in [0.1, 0.15) is 5.56 Å². The van der Waals surface area contributed by atoms with Crippen molar-refractivity contribution in [2.45, 2.75) is 104 Å². The minimum atomic E-state index is -0.958. The van der Waals surface area contributed by atoms with Crippen LogP contribution in [0.3, 0.4) is 0 Å². The van der Waals surface area contributed by atoms with E-state index >= 15 is 0 Å². The van der Waals surface area contributed by atoms with Crippen molar-refractivity contribution in [2.24, 2.45) is 0 Å². The molecule has 0 aliphatic carbocycles. The van der Waals surface area contributed by atoms with E-state index in [2.05, 4.69) is 12.2 Å². The molecule has 0 spiro atoms. The molecule has 204 valence electrons. The van der Waals surface area contributed by atoms with Gasteiger partial charge < -0.3 is 18.9 Å². The van der Waals surface area contributed by atoms with Crippen LogP contribution >= 0.6 is 0 Å². The third-order valence-electron chi connectivity index (χ3n) is 5.84. The maximum Gasteiger partial charge on any atom is 0.513 e. The number of ether oxygens (including phenoxy) is 4. The number of unbranched alkanes of at least 4 members (excludes halogenated alkanes) is 13. The van der Waals surface area contributed by atoms with Crippen LogP contribution in [-0.4, -0.2) is 38.5 Å². The summed E-state index contributed by atoms with van der Waals surface area (Å²) < 4.78 is 19.8. The van der Waals surface area contributed by atoms with E-state index in [0.29, 0.717) is 0 Å². The summed E-state index contributed by atoms with van der Waals surface area (Å²) in [4.78, 5) is 36.1. The number of nitrogens with one attached hydrogen (secondary N) is 1. The summed E-state index contributed by atoms with van der Waals surface area (Å²) in [6.45, 7) is 4.29. The molecule has 0 aromatic heterocycles. The van der Waals surface area contributed by atoms with Gasteiger partial charge in [0.15, 0.2) is 5.75 Å². The number of rotatable bonds is 19. The van der Waals surface area contributed by atoms with Gasteiger partial charge in [0.25, 0.3) is 0 Å². The smallest absolute Gasteiger partial charge is 0.465 e. The molecular formula is C28H45NO7. The lowest BCUT2D eigenvalue weighted by atomic mass is 10.0. The standard InChI is InChI=1S/C28H45NO7/c1-4-6-7-8-9-10-11-12-13-14-15-16-17-18-22-35-27(31)29-23-20-19-21-24(25(23)26(30)33-3)36-28(32)34-5-2/h19-21H,4-18,22H2,1-3H3,(H,29,31). The van der Waals surface area contributed by atoms with E-state index < -0.39 is 18.2 Å². The van der Waals surface area contributed by atoms with E-state index in [9.17, 15) is 14.4 Å². The summed E-state index contributed by atoms with van der Waals surface area (Å²) in [6, 6.07) is 4.44. The Morgan fingerprint density at radius 3 is 1.83 bits per heavy atom. The van der Waals surface area contributed by atoms with Gasteiger partial charge in [0.2, 0.25) is 0 Å². The van der Waals surface area contributed by atoms with Crippen LogP contribution in [0.4, 0.5) is 15.3 Å². The first-order chi connectivity index (χ1) is 17.5. The summed E-state index contributed by atoms with van der Waals surface area (Å²) in [6.07, 6.45) is 15.9. The Labute approximate surface area is 216 Å². The lowest BCUT2D eigenvalue weighted by molar-refractivity contribution is 0.0596. The molecule has 8 heteroatoms. The Kier molecular flexibility index (Phi) is 17.7. The molecule has 0 bridgehead atoms. The van der Waals surface area contributed by atoms with E-state index in [-0.39, 0.29) is 30.2 Å². The number of benzene rings is 1. The molecule has 1 N–H and O–H groups in total. The van der Waals surface area contributed by atoms with E-state index in [1.807, 2.05) is 0 Å². The Morgan fingerprint density at radius 2 is 1.31 bits per heavy atom. The molecule has 1 aromatic carbocycles. The summed E-state index contributed by atoms with van der Waals surface area (Å²) >= 11 is 0.